The van der Waals surface area contributed by atoms with E-state index < -0.39 is 18.0 Å². The van der Waals surface area contributed by atoms with Crippen LogP contribution in [0.1, 0.15) is 13.3 Å². The second-order valence-corrected chi connectivity index (χ2v) is 5.60. The van der Waals surface area contributed by atoms with E-state index in [0.29, 0.717) is 5.75 Å². The summed E-state index contributed by atoms with van der Waals surface area (Å²) in [7, 11) is 0. The topological polar surface area (TPSA) is 89.7 Å². The molecule has 112 valence electrons. The fourth-order valence-electron chi connectivity index (χ4n) is 1.92. The Kier molecular flexibility index (Phi) is 4.85. The first kappa shape index (κ1) is 15.4. The minimum Gasteiger partial charge on any atom is -0.453 e. The number of rotatable bonds is 5. The molecule has 0 radical (unpaired) electrons. The number of carbonyl (C=O) groups is 3. The van der Waals surface area contributed by atoms with E-state index in [1.54, 1.807) is 4.90 Å². The molecule has 6 nitrogen and oxygen atoms in total. The summed E-state index contributed by atoms with van der Waals surface area (Å²) in [5.41, 5.74) is 5.83. The minimum atomic E-state index is -0.961. The average Bonchev–Trinajstić information content (AvgIpc) is 2.46. The molecule has 0 spiro atoms. The second kappa shape index (κ2) is 6.62. The number of fused-ring (bicyclic) bond motifs is 1. The summed E-state index contributed by atoms with van der Waals surface area (Å²) >= 11 is 1.48. The largest absolute Gasteiger partial charge is 0.453 e. The number of thioether (sulfide) groups is 1. The van der Waals surface area contributed by atoms with Crippen LogP contribution in [0.5, 0.6) is 0 Å². The van der Waals surface area contributed by atoms with Gasteiger partial charge in [-0.05, 0) is 19.1 Å². The number of primary amides is 1. The number of hydrogen-bond acceptors (Lipinski definition) is 5. The van der Waals surface area contributed by atoms with Gasteiger partial charge in [-0.15, -0.1) is 11.8 Å². The van der Waals surface area contributed by atoms with Crippen LogP contribution in [0.25, 0.3) is 0 Å². The van der Waals surface area contributed by atoms with Crippen LogP contribution in [-0.2, 0) is 19.1 Å². The first-order valence-corrected chi connectivity index (χ1v) is 7.48. The third-order valence-electron chi connectivity index (χ3n) is 3.06. The summed E-state index contributed by atoms with van der Waals surface area (Å²) in [6.45, 7) is 1.64. The molecule has 1 aromatic rings. The number of nitrogens with zero attached hydrogens (tertiary/aromatic N) is 1. The molecule has 1 aliphatic rings. The molecule has 0 aliphatic carbocycles. The van der Waals surface area contributed by atoms with Crippen LogP contribution in [0.2, 0.25) is 0 Å². The van der Waals surface area contributed by atoms with E-state index in [1.807, 2.05) is 24.3 Å². The van der Waals surface area contributed by atoms with E-state index in [0.717, 1.165) is 10.6 Å². The predicted molar refractivity (Wildman–Crippen MR) is 78.9 cm³/mol. The lowest BCUT2D eigenvalue weighted by Gasteiger charge is -2.28. The van der Waals surface area contributed by atoms with E-state index in [9.17, 15) is 14.4 Å². The predicted octanol–water partition coefficient (Wildman–Crippen LogP) is 0.932. The fourth-order valence-corrected chi connectivity index (χ4v) is 2.85. The molecule has 0 fully saturated rings. The number of anilines is 1. The van der Waals surface area contributed by atoms with Crippen molar-refractivity contribution in [2.45, 2.75) is 24.3 Å². The van der Waals surface area contributed by atoms with Gasteiger partial charge < -0.3 is 15.4 Å². The molecular formula is C14H16N2O4S. The van der Waals surface area contributed by atoms with Gasteiger partial charge in [0.05, 0.1) is 17.9 Å². The lowest BCUT2D eigenvalue weighted by Crippen LogP contribution is -2.38. The molecule has 1 heterocycles. The fraction of sp³-hybridized carbons (Fsp3) is 0.357. The lowest BCUT2D eigenvalue weighted by molar-refractivity contribution is -0.153. The van der Waals surface area contributed by atoms with Crippen molar-refractivity contribution in [2.75, 3.05) is 17.2 Å². The SMILES string of the molecule is C[C@@H](OC(=O)CCN1C(=O)CSc2ccccc21)C(N)=O. The highest BCUT2D eigenvalue weighted by molar-refractivity contribution is 8.00. The standard InChI is InChI=1S/C14H16N2O4S/c1-9(14(15)19)20-13(18)6-7-16-10-4-2-3-5-11(10)21-8-12(16)17/h2-5,9H,6-8H2,1H3,(H2,15,19)/t9-/m1/s1. The Labute approximate surface area is 126 Å². The molecule has 0 bridgehead atoms. The third-order valence-corrected chi connectivity index (χ3v) is 4.10. The maximum Gasteiger partial charge on any atom is 0.308 e. The Balaban J connectivity index is 1.98. The summed E-state index contributed by atoms with van der Waals surface area (Å²) in [6, 6.07) is 7.53. The van der Waals surface area contributed by atoms with Gasteiger partial charge in [-0.3, -0.25) is 14.4 Å². The van der Waals surface area contributed by atoms with Crippen molar-refractivity contribution in [2.24, 2.45) is 5.73 Å². The smallest absolute Gasteiger partial charge is 0.308 e. The van der Waals surface area contributed by atoms with Crippen LogP contribution in [0.4, 0.5) is 5.69 Å². The maximum absolute atomic E-state index is 12.0. The van der Waals surface area contributed by atoms with Gasteiger partial charge in [0, 0.05) is 11.4 Å². The number of nitrogens with two attached hydrogens (primary N) is 1. The normalized spacial score (nSPS) is 15.3. The van der Waals surface area contributed by atoms with Gasteiger partial charge in [0.25, 0.3) is 5.91 Å². The molecule has 2 N–H and O–H groups in total. The van der Waals surface area contributed by atoms with Gasteiger partial charge in [-0.25, -0.2) is 0 Å². The lowest BCUT2D eigenvalue weighted by atomic mass is 10.2. The molecule has 2 amide bonds. The number of ether oxygens (including phenoxy) is 1. The van der Waals surface area contributed by atoms with E-state index in [-0.39, 0.29) is 18.9 Å². The molecule has 0 saturated carbocycles. The number of para-hydroxylation sites is 1. The summed E-state index contributed by atoms with van der Waals surface area (Å²) < 4.78 is 4.87. The summed E-state index contributed by atoms with van der Waals surface area (Å²) in [5, 5.41) is 0. The van der Waals surface area contributed by atoms with Crippen molar-refractivity contribution in [3.05, 3.63) is 24.3 Å². The highest BCUT2D eigenvalue weighted by Gasteiger charge is 2.25. The van der Waals surface area contributed by atoms with Crippen LogP contribution >= 0.6 is 11.8 Å². The van der Waals surface area contributed by atoms with Crippen molar-refractivity contribution in [1.29, 1.82) is 0 Å². The van der Waals surface area contributed by atoms with Crippen LogP contribution < -0.4 is 10.6 Å². The zero-order valence-corrected chi connectivity index (χ0v) is 12.4. The second-order valence-electron chi connectivity index (χ2n) is 4.59. The maximum atomic E-state index is 12.0. The zero-order chi connectivity index (χ0) is 15.4. The molecule has 2 rings (SSSR count). The Bertz CT molecular complexity index is 576. The molecule has 0 aromatic heterocycles. The zero-order valence-electron chi connectivity index (χ0n) is 11.6. The molecule has 7 heteroatoms. The Morgan fingerprint density at radius 3 is 2.86 bits per heavy atom. The van der Waals surface area contributed by atoms with Gasteiger partial charge in [-0.1, -0.05) is 12.1 Å². The van der Waals surface area contributed by atoms with Gasteiger partial charge in [0.2, 0.25) is 5.91 Å². The number of carbonyl (C=O) groups excluding carboxylic acids is 3. The molecule has 0 unspecified atom stereocenters. The summed E-state index contributed by atoms with van der Waals surface area (Å²) in [6.07, 6.45) is -0.945. The highest BCUT2D eigenvalue weighted by Crippen LogP contribution is 2.34. The number of hydrogen-bond donors (Lipinski definition) is 1. The van der Waals surface area contributed by atoms with Crippen LogP contribution in [-0.4, -0.2) is 36.2 Å². The van der Waals surface area contributed by atoms with E-state index in [4.69, 9.17) is 10.5 Å². The Morgan fingerprint density at radius 2 is 2.14 bits per heavy atom. The van der Waals surface area contributed by atoms with Crippen LogP contribution in [0, 0.1) is 0 Å². The average molecular weight is 308 g/mol. The Hall–Kier alpha value is -2.02. The quantitative estimate of drug-likeness (QED) is 0.817. The van der Waals surface area contributed by atoms with E-state index >= 15 is 0 Å². The van der Waals surface area contributed by atoms with Gasteiger partial charge in [0.1, 0.15) is 0 Å². The number of benzene rings is 1. The van der Waals surface area contributed by atoms with Crippen LogP contribution in [0.3, 0.4) is 0 Å². The summed E-state index contributed by atoms with van der Waals surface area (Å²) in [5.74, 6) is -0.942. The van der Waals surface area contributed by atoms with E-state index in [1.165, 1.54) is 18.7 Å². The molecule has 1 atom stereocenters. The monoisotopic (exact) mass is 308 g/mol. The van der Waals surface area contributed by atoms with Crippen molar-refractivity contribution < 1.29 is 19.1 Å². The number of amides is 2. The first-order chi connectivity index (χ1) is 9.99. The minimum absolute atomic E-state index is 0.0162. The highest BCUT2D eigenvalue weighted by atomic mass is 32.2. The van der Waals surface area contributed by atoms with E-state index in [2.05, 4.69) is 0 Å². The van der Waals surface area contributed by atoms with Crippen molar-refractivity contribution >= 4 is 35.2 Å². The van der Waals surface area contributed by atoms with Gasteiger partial charge in [0.15, 0.2) is 6.10 Å². The van der Waals surface area contributed by atoms with Crippen LogP contribution in [0.15, 0.2) is 29.2 Å². The third kappa shape index (κ3) is 3.75. The van der Waals surface area contributed by atoms with Gasteiger partial charge >= 0.3 is 5.97 Å². The van der Waals surface area contributed by atoms with Crippen molar-refractivity contribution in [3.8, 4) is 0 Å². The molecular weight excluding hydrogens is 292 g/mol. The van der Waals surface area contributed by atoms with Crippen molar-refractivity contribution in [1.82, 2.24) is 0 Å². The van der Waals surface area contributed by atoms with Crippen molar-refractivity contribution in [3.63, 3.8) is 0 Å². The van der Waals surface area contributed by atoms with Gasteiger partial charge in [-0.2, -0.15) is 0 Å². The molecule has 1 aliphatic heterocycles. The number of esters is 1. The summed E-state index contributed by atoms with van der Waals surface area (Å²) in [4.78, 5) is 37.0. The molecule has 0 saturated heterocycles. The Morgan fingerprint density at radius 1 is 1.43 bits per heavy atom. The molecule has 1 aromatic carbocycles. The molecule has 21 heavy (non-hydrogen) atoms. The first-order valence-electron chi connectivity index (χ1n) is 6.50.